The Bertz CT molecular complexity index is 553. The third-order valence-corrected chi connectivity index (χ3v) is 3.72. The first-order valence-corrected chi connectivity index (χ1v) is 7.82. The first kappa shape index (κ1) is 20.1. The Morgan fingerprint density at radius 1 is 1.24 bits per heavy atom. The highest BCUT2D eigenvalue weighted by atomic mass is 127. The third-order valence-electron chi connectivity index (χ3n) is 2.24. The molecule has 1 aromatic carbocycles. The third kappa shape index (κ3) is 8.22. The van der Waals surface area contributed by atoms with E-state index in [1.54, 1.807) is 30.3 Å². The number of halogens is 1. The van der Waals surface area contributed by atoms with Crippen molar-refractivity contribution in [2.24, 2.45) is 10.7 Å². The maximum Gasteiger partial charge on any atom is 0.240 e. The van der Waals surface area contributed by atoms with Crippen LogP contribution in [0.1, 0.15) is 20.8 Å². The van der Waals surface area contributed by atoms with E-state index in [1.165, 1.54) is 0 Å². The first-order chi connectivity index (χ1) is 9.21. The van der Waals surface area contributed by atoms with Gasteiger partial charge in [-0.2, -0.15) is 0 Å². The highest BCUT2D eigenvalue weighted by Gasteiger charge is 2.12. The molecule has 0 spiro atoms. The standard InChI is InChI=1S/C13H22N4O2S.HI/c1-13(2,3)17-12(14)15-9-10-16-20(18,19)11-7-5-4-6-8-11;/h4-8,16H,9-10H2,1-3H3,(H3,14,15,17);1H. The topological polar surface area (TPSA) is 96.6 Å². The maximum absolute atomic E-state index is 11.9. The summed E-state index contributed by atoms with van der Waals surface area (Å²) in [5.74, 6) is 0.302. The van der Waals surface area contributed by atoms with Crippen LogP contribution in [0, 0.1) is 0 Å². The number of nitrogens with two attached hydrogens (primary N) is 1. The molecule has 8 heteroatoms. The predicted molar refractivity (Wildman–Crippen MR) is 96.4 cm³/mol. The normalized spacial score (nSPS) is 12.6. The van der Waals surface area contributed by atoms with Crippen LogP contribution in [0.15, 0.2) is 40.2 Å². The number of nitrogens with zero attached hydrogens (tertiary/aromatic N) is 1. The van der Waals surface area contributed by atoms with Crippen LogP contribution in [-0.2, 0) is 10.0 Å². The Balaban J connectivity index is 0.00000400. The number of aliphatic imine (C=N–C) groups is 1. The molecule has 0 aliphatic rings. The van der Waals surface area contributed by atoms with E-state index in [0.717, 1.165) is 0 Å². The van der Waals surface area contributed by atoms with Crippen molar-refractivity contribution in [2.75, 3.05) is 13.1 Å². The summed E-state index contributed by atoms with van der Waals surface area (Å²) in [5.41, 5.74) is 5.51. The van der Waals surface area contributed by atoms with Crippen molar-refractivity contribution in [1.29, 1.82) is 0 Å². The lowest BCUT2D eigenvalue weighted by Gasteiger charge is -2.20. The van der Waals surface area contributed by atoms with Crippen LogP contribution in [0.4, 0.5) is 0 Å². The Kier molecular flexibility index (Phi) is 8.19. The number of guanidine groups is 1. The predicted octanol–water partition coefficient (Wildman–Crippen LogP) is 1.29. The second-order valence-electron chi connectivity index (χ2n) is 5.35. The van der Waals surface area contributed by atoms with Gasteiger partial charge in [0.05, 0.1) is 11.4 Å². The van der Waals surface area contributed by atoms with Crippen LogP contribution in [0.25, 0.3) is 0 Å². The highest BCUT2D eigenvalue weighted by molar-refractivity contribution is 14.0. The van der Waals surface area contributed by atoms with Gasteiger partial charge in [0.1, 0.15) is 0 Å². The largest absolute Gasteiger partial charge is 0.370 e. The molecule has 0 heterocycles. The van der Waals surface area contributed by atoms with Crippen molar-refractivity contribution in [3.8, 4) is 0 Å². The summed E-state index contributed by atoms with van der Waals surface area (Å²) >= 11 is 0. The van der Waals surface area contributed by atoms with Gasteiger partial charge in [0.2, 0.25) is 10.0 Å². The molecule has 6 nitrogen and oxygen atoms in total. The molecule has 0 aliphatic carbocycles. The summed E-state index contributed by atoms with van der Waals surface area (Å²) in [4.78, 5) is 4.30. The minimum Gasteiger partial charge on any atom is -0.370 e. The first-order valence-electron chi connectivity index (χ1n) is 6.33. The quantitative estimate of drug-likeness (QED) is 0.286. The summed E-state index contributed by atoms with van der Waals surface area (Å²) in [5, 5.41) is 3.00. The van der Waals surface area contributed by atoms with E-state index in [0.29, 0.717) is 5.96 Å². The highest BCUT2D eigenvalue weighted by Crippen LogP contribution is 2.06. The minimum atomic E-state index is -3.47. The summed E-state index contributed by atoms with van der Waals surface area (Å²) in [7, 11) is -3.47. The smallest absolute Gasteiger partial charge is 0.240 e. The van der Waals surface area contributed by atoms with Gasteiger partial charge < -0.3 is 11.1 Å². The van der Waals surface area contributed by atoms with Crippen LogP contribution in [-0.4, -0.2) is 33.0 Å². The molecule has 0 atom stereocenters. The number of rotatable bonds is 5. The van der Waals surface area contributed by atoms with E-state index >= 15 is 0 Å². The van der Waals surface area contributed by atoms with Crippen molar-refractivity contribution < 1.29 is 8.42 Å². The monoisotopic (exact) mass is 426 g/mol. The van der Waals surface area contributed by atoms with Gasteiger partial charge >= 0.3 is 0 Å². The van der Waals surface area contributed by atoms with E-state index in [1.807, 2.05) is 20.8 Å². The lowest BCUT2D eigenvalue weighted by molar-refractivity contribution is 0.508. The van der Waals surface area contributed by atoms with Gasteiger partial charge in [-0.1, -0.05) is 18.2 Å². The molecule has 0 saturated carbocycles. The van der Waals surface area contributed by atoms with Gasteiger partial charge in [0.15, 0.2) is 5.96 Å². The fourth-order valence-corrected chi connectivity index (χ4v) is 2.51. The van der Waals surface area contributed by atoms with Crippen molar-refractivity contribution in [3.05, 3.63) is 30.3 Å². The van der Waals surface area contributed by atoms with E-state index in [-0.39, 0.29) is 47.5 Å². The zero-order valence-corrected chi connectivity index (χ0v) is 15.6. The van der Waals surface area contributed by atoms with Gasteiger partial charge in [-0.3, -0.25) is 4.99 Å². The Hall–Kier alpha value is -0.870. The Morgan fingerprint density at radius 2 is 1.81 bits per heavy atom. The molecule has 0 aliphatic heterocycles. The number of sulfonamides is 1. The van der Waals surface area contributed by atoms with E-state index in [9.17, 15) is 8.42 Å². The molecule has 0 unspecified atom stereocenters. The van der Waals surface area contributed by atoms with Gasteiger partial charge in [0.25, 0.3) is 0 Å². The van der Waals surface area contributed by atoms with Crippen molar-refractivity contribution in [3.63, 3.8) is 0 Å². The summed E-state index contributed by atoms with van der Waals surface area (Å²) in [6.45, 7) is 6.37. The number of benzene rings is 1. The molecular weight excluding hydrogens is 403 g/mol. The zero-order chi connectivity index (χ0) is 15.2. The summed E-state index contributed by atoms with van der Waals surface area (Å²) in [6, 6.07) is 8.21. The second-order valence-corrected chi connectivity index (χ2v) is 7.12. The SMILES string of the molecule is CC(C)(C)NC(N)=NCCNS(=O)(=O)c1ccccc1.I. The molecule has 0 bridgehead atoms. The molecular formula is C13H23IN4O2S. The average molecular weight is 426 g/mol. The van der Waals surface area contributed by atoms with E-state index in [2.05, 4.69) is 15.0 Å². The molecule has 0 saturated heterocycles. The molecule has 21 heavy (non-hydrogen) atoms. The minimum absolute atomic E-state index is 0. The fraction of sp³-hybridized carbons (Fsp3) is 0.462. The van der Waals surface area contributed by atoms with Gasteiger partial charge in [-0.05, 0) is 32.9 Å². The molecule has 0 radical (unpaired) electrons. The lowest BCUT2D eigenvalue weighted by Crippen LogP contribution is -2.45. The van der Waals surface area contributed by atoms with Crippen LogP contribution >= 0.6 is 24.0 Å². The van der Waals surface area contributed by atoms with Crippen LogP contribution in [0.2, 0.25) is 0 Å². The summed E-state index contributed by atoms with van der Waals surface area (Å²) < 4.78 is 26.3. The molecule has 0 amide bonds. The van der Waals surface area contributed by atoms with Crippen LogP contribution in [0.3, 0.4) is 0 Å². The van der Waals surface area contributed by atoms with Crippen LogP contribution in [0.5, 0.6) is 0 Å². The molecule has 0 fully saturated rings. The number of hydrogen-bond donors (Lipinski definition) is 3. The molecule has 4 N–H and O–H groups in total. The van der Waals surface area contributed by atoms with Crippen molar-refractivity contribution >= 4 is 40.0 Å². The Morgan fingerprint density at radius 3 is 2.33 bits per heavy atom. The van der Waals surface area contributed by atoms with Crippen LogP contribution < -0.4 is 15.8 Å². The number of hydrogen-bond acceptors (Lipinski definition) is 3. The summed E-state index contributed by atoms with van der Waals surface area (Å²) in [6.07, 6.45) is 0. The van der Waals surface area contributed by atoms with Crippen molar-refractivity contribution in [1.82, 2.24) is 10.0 Å². The fourth-order valence-electron chi connectivity index (χ4n) is 1.46. The lowest BCUT2D eigenvalue weighted by atomic mass is 10.1. The zero-order valence-electron chi connectivity index (χ0n) is 12.5. The molecule has 1 rings (SSSR count). The van der Waals surface area contributed by atoms with Crippen molar-refractivity contribution in [2.45, 2.75) is 31.2 Å². The number of nitrogens with one attached hydrogen (secondary N) is 2. The van der Waals surface area contributed by atoms with E-state index < -0.39 is 10.0 Å². The van der Waals surface area contributed by atoms with Gasteiger partial charge in [-0.15, -0.1) is 24.0 Å². The van der Waals surface area contributed by atoms with Gasteiger partial charge in [-0.25, -0.2) is 13.1 Å². The maximum atomic E-state index is 11.9. The average Bonchev–Trinajstić information content (AvgIpc) is 2.34. The Labute approximate surface area is 143 Å². The molecule has 0 aromatic heterocycles. The molecule has 1 aromatic rings. The molecule has 120 valence electrons. The van der Waals surface area contributed by atoms with Gasteiger partial charge in [0, 0.05) is 12.1 Å². The van der Waals surface area contributed by atoms with E-state index in [4.69, 9.17) is 5.73 Å². The second kappa shape index (κ2) is 8.54.